The molecule has 8 heteroatoms. The number of hydrogen-bond acceptors (Lipinski definition) is 4. The summed E-state index contributed by atoms with van der Waals surface area (Å²) in [5.74, 6) is -0.405. The third kappa shape index (κ3) is 4.94. The number of H-pyrrole nitrogens is 1. The van der Waals surface area contributed by atoms with Crippen molar-refractivity contribution in [3.8, 4) is 0 Å². The number of hydrogen-bond donors (Lipinski definition) is 3. The molecule has 0 spiro atoms. The van der Waals surface area contributed by atoms with Crippen molar-refractivity contribution in [2.75, 3.05) is 6.54 Å². The molecule has 130 valence electrons. The van der Waals surface area contributed by atoms with Gasteiger partial charge in [0, 0.05) is 35.5 Å². The summed E-state index contributed by atoms with van der Waals surface area (Å²) in [6, 6.07) is 6.06. The second kappa shape index (κ2) is 8.12. The number of carboxylic acids is 1. The number of aliphatic carboxylic acids is 1. The van der Waals surface area contributed by atoms with Crippen LogP contribution in [0, 0.1) is 5.82 Å². The Morgan fingerprint density at radius 1 is 1.42 bits per heavy atom. The van der Waals surface area contributed by atoms with E-state index in [9.17, 15) is 9.18 Å². The number of piperidine rings is 1. The lowest BCUT2D eigenvalue weighted by Crippen LogP contribution is -2.31. The molecule has 3 N–H and O–H groups in total. The molecule has 2 atom stereocenters. The molecule has 1 aromatic carbocycles. The molecule has 0 unspecified atom stereocenters. The van der Waals surface area contributed by atoms with E-state index < -0.39 is 5.97 Å². The monoisotopic (exact) mass is 356 g/mol. The van der Waals surface area contributed by atoms with Gasteiger partial charge in [0.15, 0.2) is 0 Å². The van der Waals surface area contributed by atoms with Gasteiger partial charge >= 0.3 is 0 Å². The summed E-state index contributed by atoms with van der Waals surface area (Å²) in [4.78, 5) is 20.1. The first-order valence-corrected chi connectivity index (χ1v) is 7.81. The lowest BCUT2D eigenvalue weighted by molar-refractivity contribution is -0.134. The molecule has 2 heterocycles. The summed E-state index contributed by atoms with van der Waals surface area (Å²) in [7, 11) is 0. The van der Waals surface area contributed by atoms with Gasteiger partial charge in [-0.3, -0.25) is 9.59 Å². The van der Waals surface area contributed by atoms with Crippen LogP contribution in [0.4, 0.5) is 4.39 Å². The van der Waals surface area contributed by atoms with E-state index in [1.165, 1.54) is 12.1 Å². The number of aromatic amines is 1. The quantitative estimate of drug-likeness (QED) is 0.768. The van der Waals surface area contributed by atoms with Gasteiger partial charge in [0.05, 0.1) is 0 Å². The first-order chi connectivity index (χ1) is 11.4. The number of carbonyl (C=O) groups is 1. The highest BCUT2D eigenvalue weighted by Crippen LogP contribution is 2.34. The Labute approximate surface area is 142 Å². The molecular formula is C16H18ClFN2O4. The minimum atomic E-state index is -0.833. The van der Waals surface area contributed by atoms with Crippen LogP contribution in [-0.2, 0) is 4.79 Å². The molecule has 2 aromatic rings. The van der Waals surface area contributed by atoms with E-state index >= 15 is 0 Å². The number of halogens is 2. The molecule has 24 heavy (non-hydrogen) atoms. The molecule has 6 nitrogen and oxygen atoms in total. The zero-order chi connectivity index (χ0) is 17.7. The van der Waals surface area contributed by atoms with Crippen molar-refractivity contribution in [1.82, 2.24) is 10.5 Å². The van der Waals surface area contributed by atoms with Gasteiger partial charge < -0.3 is 14.9 Å². The fourth-order valence-electron chi connectivity index (χ4n) is 2.70. The smallest absolute Gasteiger partial charge is 0.300 e. The number of aromatic nitrogens is 1. The minimum Gasteiger partial charge on any atom is -0.481 e. The highest BCUT2D eigenvalue weighted by Gasteiger charge is 2.27. The van der Waals surface area contributed by atoms with Crippen LogP contribution in [0.1, 0.15) is 43.0 Å². The van der Waals surface area contributed by atoms with E-state index in [1.54, 1.807) is 12.1 Å². The Bertz CT molecular complexity index is 755. The molecule has 1 fully saturated rings. The Kier molecular flexibility index (Phi) is 6.16. The summed E-state index contributed by atoms with van der Waals surface area (Å²) in [6.07, 6.45) is 1.53. The summed E-state index contributed by atoms with van der Waals surface area (Å²) in [6.45, 7) is 1.83. The molecule has 0 amide bonds. The Hall–Kier alpha value is -2.12. The highest BCUT2D eigenvalue weighted by molar-refractivity contribution is 6.30. The van der Waals surface area contributed by atoms with Crippen LogP contribution in [0.25, 0.3) is 0 Å². The maximum Gasteiger partial charge on any atom is 0.300 e. The molecule has 1 aliphatic rings. The third-order valence-electron chi connectivity index (χ3n) is 3.69. The predicted octanol–water partition coefficient (Wildman–Crippen LogP) is 3.06. The van der Waals surface area contributed by atoms with Crippen LogP contribution in [-0.4, -0.2) is 22.8 Å². The first-order valence-electron chi connectivity index (χ1n) is 7.43. The van der Waals surface area contributed by atoms with Gasteiger partial charge in [0.25, 0.3) is 11.5 Å². The molecular weight excluding hydrogens is 339 g/mol. The van der Waals surface area contributed by atoms with Crippen LogP contribution in [0.3, 0.4) is 0 Å². The van der Waals surface area contributed by atoms with E-state index in [0.29, 0.717) is 22.8 Å². The van der Waals surface area contributed by atoms with Crippen molar-refractivity contribution in [1.29, 1.82) is 0 Å². The maximum atomic E-state index is 14.0. The van der Waals surface area contributed by atoms with Crippen molar-refractivity contribution >= 4 is 17.6 Å². The molecule has 0 saturated carbocycles. The summed E-state index contributed by atoms with van der Waals surface area (Å²) >= 11 is 5.77. The largest absolute Gasteiger partial charge is 0.481 e. The fraction of sp³-hybridized carbons (Fsp3) is 0.375. The van der Waals surface area contributed by atoms with Gasteiger partial charge in [-0.1, -0.05) is 17.7 Å². The van der Waals surface area contributed by atoms with E-state index in [4.69, 9.17) is 26.0 Å². The maximum absolute atomic E-state index is 14.0. The summed E-state index contributed by atoms with van der Waals surface area (Å²) < 4.78 is 19.1. The van der Waals surface area contributed by atoms with Crippen LogP contribution in [0.5, 0.6) is 0 Å². The molecule has 1 aromatic heterocycles. The average molecular weight is 357 g/mol. The van der Waals surface area contributed by atoms with Gasteiger partial charge in [0.1, 0.15) is 11.6 Å². The van der Waals surface area contributed by atoms with Gasteiger partial charge in [-0.05, 0) is 31.5 Å². The molecule has 1 aliphatic heterocycles. The highest BCUT2D eigenvalue weighted by atomic mass is 35.5. The van der Waals surface area contributed by atoms with E-state index in [1.807, 2.05) is 0 Å². The van der Waals surface area contributed by atoms with Gasteiger partial charge in [-0.15, -0.1) is 0 Å². The SMILES string of the molecule is CC(=O)O.O=c1cc([C@@H]2CCN[C@@H](c3ccc(Cl)cc3F)C2)o[nH]1. The summed E-state index contributed by atoms with van der Waals surface area (Å²) in [5.41, 5.74) is 0.352. The zero-order valence-corrected chi connectivity index (χ0v) is 13.8. The average Bonchev–Trinajstić information content (AvgIpc) is 2.93. The second-order valence-electron chi connectivity index (χ2n) is 5.53. The van der Waals surface area contributed by atoms with Crippen molar-refractivity contribution in [3.63, 3.8) is 0 Å². The molecule has 1 saturated heterocycles. The Morgan fingerprint density at radius 2 is 2.12 bits per heavy atom. The molecule has 0 aliphatic carbocycles. The molecule has 0 bridgehead atoms. The molecule has 0 radical (unpaired) electrons. The van der Waals surface area contributed by atoms with Gasteiger partial charge in [-0.2, -0.15) is 5.16 Å². The predicted molar refractivity (Wildman–Crippen MR) is 86.8 cm³/mol. The fourth-order valence-corrected chi connectivity index (χ4v) is 2.85. The number of rotatable bonds is 2. The lowest BCUT2D eigenvalue weighted by atomic mass is 9.87. The number of carboxylic acid groups (broad SMARTS) is 1. The van der Waals surface area contributed by atoms with Crippen LogP contribution in [0.2, 0.25) is 5.02 Å². The topological polar surface area (TPSA) is 95.3 Å². The number of nitrogens with one attached hydrogen (secondary N) is 2. The Morgan fingerprint density at radius 3 is 2.71 bits per heavy atom. The van der Waals surface area contributed by atoms with E-state index in [0.717, 1.165) is 19.9 Å². The normalized spacial score (nSPS) is 20.1. The second-order valence-corrected chi connectivity index (χ2v) is 5.96. The lowest BCUT2D eigenvalue weighted by Gasteiger charge is -2.29. The number of benzene rings is 1. The van der Waals surface area contributed by atoms with Gasteiger partial charge in [-0.25, -0.2) is 4.39 Å². The standard InChI is InChI=1S/C14H14ClFN2O2.C2H4O2/c15-9-1-2-10(11(16)6-9)12-5-8(3-4-17-12)13-7-14(19)18-20-13;1-2(3)4/h1-2,6-8,12,17H,3-5H2,(H,18,19);1H3,(H,3,4)/t8-,12-;/m1./s1. The van der Waals surface area contributed by atoms with E-state index in [2.05, 4.69) is 10.5 Å². The van der Waals surface area contributed by atoms with Gasteiger partial charge in [0.2, 0.25) is 0 Å². The van der Waals surface area contributed by atoms with Crippen LogP contribution >= 0.6 is 11.6 Å². The van der Waals surface area contributed by atoms with Crippen molar-refractivity contribution in [2.24, 2.45) is 0 Å². The minimum absolute atomic E-state index is 0.105. The third-order valence-corrected chi connectivity index (χ3v) is 3.92. The van der Waals surface area contributed by atoms with Crippen LogP contribution in [0.15, 0.2) is 33.6 Å². The van der Waals surface area contributed by atoms with Crippen molar-refractivity contribution in [3.05, 3.63) is 56.8 Å². The van der Waals surface area contributed by atoms with Crippen molar-refractivity contribution in [2.45, 2.75) is 31.7 Å². The van der Waals surface area contributed by atoms with Crippen LogP contribution < -0.4 is 10.9 Å². The first kappa shape index (κ1) is 18.2. The molecule has 3 rings (SSSR count). The van der Waals surface area contributed by atoms with Crippen molar-refractivity contribution < 1.29 is 18.8 Å². The van der Waals surface area contributed by atoms with E-state index in [-0.39, 0.29) is 23.3 Å². The zero-order valence-electron chi connectivity index (χ0n) is 13.0. The summed E-state index contributed by atoms with van der Waals surface area (Å²) in [5, 5.41) is 13.4. The Balaban J connectivity index is 0.000000471.